The van der Waals surface area contributed by atoms with Crippen LogP contribution in [0.15, 0.2) is 18.3 Å². The predicted octanol–water partition coefficient (Wildman–Crippen LogP) is 1.56. The van der Waals surface area contributed by atoms with Gasteiger partial charge in [-0.1, -0.05) is 11.6 Å². The lowest BCUT2D eigenvalue weighted by Crippen LogP contribution is -2.50. The van der Waals surface area contributed by atoms with Crippen molar-refractivity contribution in [3.63, 3.8) is 0 Å². The fourth-order valence-corrected chi connectivity index (χ4v) is 2.94. The van der Waals surface area contributed by atoms with E-state index in [1.807, 2.05) is 17.0 Å². The Morgan fingerprint density at radius 3 is 2.80 bits per heavy atom. The highest BCUT2D eigenvalue weighted by Gasteiger charge is 2.34. The Morgan fingerprint density at radius 2 is 2.10 bits per heavy atom. The number of nitrogens with zero attached hydrogens (tertiary/aromatic N) is 3. The van der Waals surface area contributed by atoms with Gasteiger partial charge in [0.2, 0.25) is 5.91 Å². The van der Waals surface area contributed by atoms with E-state index in [1.165, 1.54) is 0 Å². The third kappa shape index (κ3) is 2.74. The molecule has 5 nitrogen and oxygen atoms in total. The number of amides is 1. The molecule has 20 heavy (non-hydrogen) atoms. The van der Waals surface area contributed by atoms with Crippen LogP contribution in [-0.4, -0.2) is 54.7 Å². The van der Waals surface area contributed by atoms with E-state index >= 15 is 0 Å². The largest absolute Gasteiger partial charge is 0.378 e. The van der Waals surface area contributed by atoms with Crippen molar-refractivity contribution in [3.05, 3.63) is 23.4 Å². The SMILES string of the molecule is O=C([C@H]1CCCN1c1ccc(Cl)cn1)N1CCOCC1. The van der Waals surface area contributed by atoms with Crippen LogP contribution in [0, 0.1) is 0 Å². The Kier molecular flexibility index (Phi) is 4.08. The van der Waals surface area contributed by atoms with Crippen LogP contribution in [0.25, 0.3) is 0 Å². The summed E-state index contributed by atoms with van der Waals surface area (Å²) in [5.41, 5.74) is 0. The van der Waals surface area contributed by atoms with Crippen LogP contribution in [0.3, 0.4) is 0 Å². The van der Waals surface area contributed by atoms with Crippen LogP contribution in [0.2, 0.25) is 5.02 Å². The summed E-state index contributed by atoms with van der Waals surface area (Å²) in [5.74, 6) is 1.03. The molecule has 2 aliphatic rings. The second-order valence-corrected chi connectivity index (χ2v) is 5.56. The zero-order valence-electron chi connectivity index (χ0n) is 11.3. The maximum absolute atomic E-state index is 12.6. The molecule has 0 aromatic carbocycles. The lowest BCUT2D eigenvalue weighted by atomic mass is 10.2. The van der Waals surface area contributed by atoms with Crippen molar-refractivity contribution >= 4 is 23.3 Å². The van der Waals surface area contributed by atoms with Gasteiger partial charge in [0.1, 0.15) is 11.9 Å². The highest BCUT2D eigenvalue weighted by atomic mass is 35.5. The summed E-state index contributed by atoms with van der Waals surface area (Å²) in [4.78, 5) is 21.0. The Hall–Kier alpha value is -1.33. The van der Waals surface area contributed by atoms with Crippen molar-refractivity contribution in [2.75, 3.05) is 37.7 Å². The summed E-state index contributed by atoms with van der Waals surface area (Å²) < 4.78 is 5.30. The fraction of sp³-hybridized carbons (Fsp3) is 0.571. The standard InChI is InChI=1S/C14H18ClN3O2/c15-11-3-4-13(16-10-11)18-5-1-2-12(18)14(19)17-6-8-20-9-7-17/h3-4,10,12H,1-2,5-9H2/t12-/m1/s1. The van der Waals surface area contributed by atoms with E-state index in [0.717, 1.165) is 25.2 Å². The van der Waals surface area contributed by atoms with Gasteiger partial charge < -0.3 is 14.5 Å². The fourth-order valence-electron chi connectivity index (χ4n) is 2.83. The van der Waals surface area contributed by atoms with E-state index in [2.05, 4.69) is 9.88 Å². The second kappa shape index (κ2) is 5.97. The Labute approximate surface area is 123 Å². The first-order chi connectivity index (χ1) is 9.75. The molecule has 3 heterocycles. The predicted molar refractivity (Wildman–Crippen MR) is 77.0 cm³/mol. The van der Waals surface area contributed by atoms with Gasteiger partial charge in [-0.2, -0.15) is 0 Å². The number of carbonyl (C=O) groups excluding carboxylic acids is 1. The van der Waals surface area contributed by atoms with Gasteiger partial charge in [-0.15, -0.1) is 0 Å². The van der Waals surface area contributed by atoms with Crippen LogP contribution in [0.1, 0.15) is 12.8 Å². The molecule has 3 rings (SSSR count). The molecule has 1 atom stereocenters. The summed E-state index contributed by atoms with van der Waals surface area (Å²) in [5, 5.41) is 0.615. The number of anilines is 1. The van der Waals surface area contributed by atoms with Crippen molar-refractivity contribution < 1.29 is 9.53 Å². The van der Waals surface area contributed by atoms with E-state index in [9.17, 15) is 4.79 Å². The molecule has 0 radical (unpaired) electrons. The number of halogens is 1. The van der Waals surface area contributed by atoms with Crippen LogP contribution in [0.5, 0.6) is 0 Å². The van der Waals surface area contributed by atoms with Crippen molar-refractivity contribution in [2.24, 2.45) is 0 Å². The summed E-state index contributed by atoms with van der Waals surface area (Å²) in [7, 11) is 0. The van der Waals surface area contributed by atoms with Gasteiger partial charge in [-0.3, -0.25) is 4.79 Å². The monoisotopic (exact) mass is 295 g/mol. The molecule has 0 N–H and O–H groups in total. The highest BCUT2D eigenvalue weighted by molar-refractivity contribution is 6.30. The van der Waals surface area contributed by atoms with Crippen molar-refractivity contribution in [2.45, 2.75) is 18.9 Å². The molecule has 1 aromatic heterocycles. The van der Waals surface area contributed by atoms with Crippen LogP contribution in [-0.2, 0) is 9.53 Å². The van der Waals surface area contributed by atoms with Gasteiger partial charge in [0.25, 0.3) is 0 Å². The summed E-state index contributed by atoms with van der Waals surface area (Å²) >= 11 is 5.87. The summed E-state index contributed by atoms with van der Waals surface area (Å²) in [6.07, 6.45) is 3.54. The number of ether oxygens (including phenoxy) is 1. The van der Waals surface area contributed by atoms with Crippen molar-refractivity contribution in [1.82, 2.24) is 9.88 Å². The maximum Gasteiger partial charge on any atom is 0.245 e. The highest BCUT2D eigenvalue weighted by Crippen LogP contribution is 2.26. The minimum absolute atomic E-state index is 0.0956. The summed E-state index contributed by atoms with van der Waals surface area (Å²) in [6, 6.07) is 3.60. The maximum atomic E-state index is 12.6. The molecule has 0 spiro atoms. The van der Waals surface area contributed by atoms with E-state index in [-0.39, 0.29) is 11.9 Å². The number of hydrogen-bond donors (Lipinski definition) is 0. The molecular weight excluding hydrogens is 278 g/mol. The van der Waals surface area contributed by atoms with E-state index < -0.39 is 0 Å². The minimum atomic E-state index is -0.0956. The molecule has 2 fully saturated rings. The first-order valence-corrected chi connectivity index (χ1v) is 7.38. The molecular formula is C14H18ClN3O2. The van der Waals surface area contributed by atoms with Gasteiger partial charge in [0.05, 0.1) is 18.2 Å². The number of carbonyl (C=O) groups is 1. The third-order valence-corrected chi connectivity index (χ3v) is 4.09. The topological polar surface area (TPSA) is 45.7 Å². The Bertz CT molecular complexity index is 474. The van der Waals surface area contributed by atoms with Gasteiger partial charge in [0, 0.05) is 25.8 Å². The van der Waals surface area contributed by atoms with Crippen LogP contribution >= 0.6 is 11.6 Å². The van der Waals surface area contributed by atoms with Gasteiger partial charge in [0.15, 0.2) is 0 Å². The van der Waals surface area contributed by atoms with Gasteiger partial charge in [-0.25, -0.2) is 4.98 Å². The Balaban J connectivity index is 1.74. The lowest BCUT2D eigenvalue weighted by Gasteiger charge is -2.33. The average Bonchev–Trinajstić information content (AvgIpc) is 2.97. The lowest BCUT2D eigenvalue weighted by molar-refractivity contribution is -0.136. The molecule has 6 heteroatoms. The number of morpholine rings is 1. The molecule has 0 bridgehead atoms. The second-order valence-electron chi connectivity index (χ2n) is 5.12. The first-order valence-electron chi connectivity index (χ1n) is 7.00. The number of hydrogen-bond acceptors (Lipinski definition) is 4. The molecule has 1 amide bonds. The minimum Gasteiger partial charge on any atom is -0.378 e. The normalized spacial score (nSPS) is 23.1. The molecule has 0 aliphatic carbocycles. The molecule has 2 aliphatic heterocycles. The molecule has 1 aromatic rings. The first kappa shape index (κ1) is 13.6. The van der Waals surface area contributed by atoms with Crippen molar-refractivity contribution in [1.29, 1.82) is 0 Å². The zero-order chi connectivity index (χ0) is 13.9. The zero-order valence-corrected chi connectivity index (χ0v) is 12.1. The smallest absolute Gasteiger partial charge is 0.245 e. The van der Waals surface area contributed by atoms with Gasteiger partial charge in [-0.05, 0) is 25.0 Å². The van der Waals surface area contributed by atoms with Gasteiger partial charge >= 0.3 is 0 Å². The molecule has 108 valence electrons. The third-order valence-electron chi connectivity index (χ3n) is 3.87. The summed E-state index contributed by atoms with van der Waals surface area (Å²) in [6.45, 7) is 3.53. The average molecular weight is 296 g/mol. The van der Waals surface area contributed by atoms with E-state index in [4.69, 9.17) is 16.3 Å². The molecule has 0 saturated carbocycles. The Morgan fingerprint density at radius 1 is 1.30 bits per heavy atom. The molecule has 2 saturated heterocycles. The number of rotatable bonds is 2. The van der Waals surface area contributed by atoms with Crippen molar-refractivity contribution in [3.8, 4) is 0 Å². The number of pyridine rings is 1. The quantitative estimate of drug-likeness (QED) is 0.831. The van der Waals surface area contributed by atoms with E-state index in [1.54, 1.807) is 6.20 Å². The number of aromatic nitrogens is 1. The van der Waals surface area contributed by atoms with E-state index in [0.29, 0.717) is 31.3 Å². The van der Waals surface area contributed by atoms with Crippen LogP contribution in [0.4, 0.5) is 5.82 Å². The van der Waals surface area contributed by atoms with Crippen LogP contribution < -0.4 is 4.90 Å². The molecule has 0 unspecified atom stereocenters.